The van der Waals surface area contributed by atoms with E-state index < -0.39 is 10.0 Å². The lowest BCUT2D eigenvalue weighted by molar-refractivity contribution is 0.410. The lowest BCUT2D eigenvalue weighted by Crippen LogP contribution is -2.33. The molecule has 0 aromatic carbocycles. The SMILES string of the molecule is CC(C)n1cnc(S(=O)(=O)N2CC3CN(c4cc(C5CCC5)ncn4)CC3C2)c1. The molecule has 3 fully saturated rings. The minimum absolute atomic E-state index is 0.156. The maximum Gasteiger partial charge on any atom is 0.262 e. The van der Waals surface area contributed by atoms with Crippen LogP contribution in [-0.4, -0.2) is 58.4 Å². The summed E-state index contributed by atoms with van der Waals surface area (Å²) in [5.74, 6) is 2.24. The Kier molecular flexibility index (Phi) is 4.62. The topological polar surface area (TPSA) is 84.2 Å². The number of nitrogens with zero attached hydrogens (tertiary/aromatic N) is 6. The molecule has 0 spiro atoms. The average molecular weight is 417 g/mol. The second kappa shape index (κ2) is 7.05. The van der Waals surface area contributed by atoms with E-state index in [0.717, 1.165) is 24.6 Å². The zero-order valence-electron chi connectivity index (χ0n) is 17.0. The Labute approximate surface area is 172 Å². The smallest absolute Gasteiger partial charge is 0.262 e. The second-order valence-electron chi connectivity index (χ2n) is 8.93. The van der Waals surface area contributed by atoms with Gasteiger partial charge in [-0.05, 0) is 38.5 Å². The summed E-state index contributed by atoms with van der Waals surface area (Å²) >= 11 is 0. The molecule has 0 N–H and O–H groups in total. The molecular weight excluding hydrogens is 388 g/mol. The highest BCUT2D eigenvalue weighted by Crippen LogP contribution is 2.38. The van der Waals surface area contributed by atoms with Crippen molar-refractivity contribution in [1.82, 2.24) is 23.8 Å². The maximum atomic E-state index is 13.0. The molecule has 2 atom stereocenters. The number of rotatable bonds is 5. The normalized spacial score (nSPS) is 25.6. The molecule has 9 heteroatoms. The van der Waals surface area contributed by atoms with Crippen molar-refractivity contribution in [3.8, 4) is 0 Å². The van der Waals surface area contributed by atoms with Crippen LogP contribution in [0, 0.1) is 11.8 Å². The molecule has 0 bridgehead atoms. The van der Waals surface area contributed by atoms with Crippen LogP contribution >= 0.6 is 0 Å². The number of fused-ring (bicyclic) bond motifs is 1. The molecule has 1 saturated carbocycles. The molecule has 2 aliphatic heterocycles. The van der Waals surface area contributed by atoms with E-state index in [1.54, 1.807) is 23.2 Å². The van der Waals surface area contributed by atoms with Crippen LogP contribution in [0.15, 0.2) is 29.9 Å². The van der Waals surface area contributed by atoms with Gasteiger partial charge in [0.1, 0.15) is 12.1 Å². The maximum absolute atomic E-state index is 13.0. The summed E-state index contributed by atoms with van der Waals surface area (Å²) in [6, 6.07) is 2.33. The van der Waals surface area contributed by atoms with Crippen LogP contribution in [-0.2, 0) is 10.0 Å². The number of anilines is 1. The van der Waals surface area contributed by atoms with Gasteiger partial charge in [0, 0.05) is 56.1 Å². The Morgan fingerprint density at radius 1 is 1.03 bits per heavy atom. The summed E-state index contributed by atoms with van der Waals surface area (Å²) < 4.78 is 29.5. The Morgan fingerprint density at radius 3 is 2.34 bits per heavy atom. The largest absolute Gasteiger partial charge is 0.356 e. The summed E-state index contributed by atoms with van der Waals surface area (Å²) in [4.78, 5) is 15.4. The Morgan fingerprint density at radius 2 is 1.76 bits per heavy atom. The third kappa shape index (κ3) is 3.34. The molecule has 2 saturated heterocycles. The monoisotopic (exact) mass is 416 g/mol. The molecule has 3 aliphatic rings. The molecule has 29 heavy (non-hydrogen) atoms. The quantitative estimate of drug-likeness (QED) is 0.744. The Hall–Kier alpha value is -2.00. The van der Waals surface area contributed by atoms with E-state index in [1.807, 2.05) is 18.4 Å². The molecule has 5 rings (SSSR count). The third-order valence-electron chi connectivity index (χ3n) is 6.75. The van der Waals surface area contributed by atoms with Crippen molar-refractivity contribution in [3.63, 3.8) is 0 Å². The summed E-state index contributed by atoms with van der Waals surface area (Å²) in [5, 5.41) is 0.156. The van der Waals surface area contributed by atoms with Gasteiger partial charge < -0.3 is 9.47 Å². The van der Waals surface area contributed by atoms with Gasteiger partial charge in [0.05, 0.1) is 6.33 Å². The molecule has 2 aromatic rings. The fraction of sp³-hybridized carbons (Fsp3) is 0.650. The summed E-state index contributed by atoms with van der Waals surface area (Å²) in [5.41, 5.74) is 1.16. The molecule has 4 heterocycles. The van der Waals surface area contributed by atoms with Crippen LogP contribution in [0.4, 0.5) is 5.82 Å². The van der Waals surface area contributed by atoms with Crippen molar-refractivity contribution < 1.29 is 8.42 Å². The Balaban J connectivity index is 1.27. The van der Waals surface area contributed by atoms with Crippen LogP contribution < -0.4 is 4.90 Å². The van der Waals surface area contributed by atoms with Crippen LogP contribution in [0.2, 0.25) is 0 Å². The highest BCUT2D eigenvalue weighted by molar-refractivity contribution is 7.89. The highest BCUT2D eigenvalue weighted by atomic mass is 32.2. The number of aromatic nitrogens is 4. The standard InChI is InChI=1S/C20H28N6O2S/c1-14(2)25-11-20(23-13-25)29(27,28)26-9-16-7-24(8-17(16)10-26)19-6-18(21-12-22-19)15-4-3-5-15/h6,11-17H,3-5,7-10H2,1-2H3. The van der Waals surface area contributed by atoms with Gasteiger partial charge in [-0.2, -0.15) is 4.31 Å². The van der Waals surface area contributed by atoms with Crippen molar-refractivity contribution in [2.45, 2.75) is 50.1 Å². The van der Waals surface area contributed by atoms with Crippen molar-refractivity contribution in [2.24, 2.45) is 11.8 Å². The first kappa shape index (κ1) is 19.0. The number of hydrogen-bond acceptors (Lipinski definition) is 6. The first-order valence-electron chi connectivity index (χ1n) is 10.5. The van der Waals surface area contributed by atoms with Gasteiger partial charge in [-0.15, -0.1) is 0 Å². The van der Waals surface area contributed by atoms with Gasteiger partial charge in [0.25, 0.3) is 10.0 Å². The fourth-order valence-electron chi connectivity index (χ4n) is 4.66. The average Bonchev–Trinajstić information content (AvgIpc) is 3.35. The lowest BCUT2D eigenvalue weighted by Gasteiger charge is -2.26. The van der Waals surface area contributed by atoms with Crippen LogP contribution in [0.5, 0.6) is 0 Å². The first-order chi connectivity index (χ1) is 13.9. The van der Waals surface area contributed by atoms with Crippen molar-refractivity contribution in [3.05, 3.63) is 30.6 Å². The molecule has 2 unspecified atom stereocenters. The molecular formula is C20H28N6O2S. The van der Waals surface area contributed by atoms with Crippen molar-refractivity contribution in [1.29, 1.82) is 0 Å². The van der Waals surface area contributed by atoms with Gasteiger partial charge in [0.15, 0.2) is 5.03 Å². The number of imidazole rings is 1. The molecule has 8 nitrogen and oxygen atoms in total. The van der Waals surface area contributed by atoms with E-state index in [4.69, 9.17) is 0 Å². The van der Waals surface area contributed by atoms with E-state index >= 15 is 0 Å². The summed E-state index contributed by atoms with van der Waals surface area (Å²) in [6.07, 6.45) is 8.66. The van der Waals surface area contributed by atoms with Gasteiger partial charge in [-0.25, -0.2) is 23.4 Å². The minimum atomic E-state index is -3.53. The van der Waals surface area contributed by atoms with Gasteiger partial charge >= 0.3 is 0 Å². The highest BCUT2D eigenvalue weighted by Gasteiger charge is 2.45. The zero-order chi connectivity index (χ0) is 20.2. The second-order valence-corrected chi connectivity index (χ2v) is 10.8. The van der Waals surface area contributed by atoms with Gasteiger partial charge in [-0.1, -0.05) is 6.42 Å². The van der Waals surface area contributed by atoms with Crippen LogP contribution in [0.25, 0.3) is 0 Å². The lowest BCUT2D eigenvalue weighted by atomic mass is 9.83. The van der Waals surface area contributed by atoms with Gasteiger partial charge in [-0.3, -0.25) is 0 Å². The fourth-order valence-corrected chi connectivity index (χ4v) is 6.14. The molecule has 0 radical (unpaired) electrons. The van der Waals surface area contributed by atoms with E-state index in [-0.39, 0.29) is 11.1 Å². The summed E-state index contributed by atoms with van der Waals surface area (Å²) in [7, 11) is -3.53. The summed E-state index contributed by atoms with van der Waals surface area (Å²) in [6.45, 7) is 6.82. The van der Waals surface area contributed by atoms with E-state index in [9.17, 15) is 8.42 Å². The molecule has 156 valence electrons. The third-order valence-corrected chi connectivity index (χ3v) is 8.47. The Bertz CT molecular complexity index is 986. The zero-order valence-corrected chi connectivity index (χ0v) is 17.8. The predicted molar refractivity (Wildman–Crippen MR) is 109 cm³/mol. The number of sulfonamides is 1. The van der Waals surface area contributed by atoms with Crippen molar-refractivity contribution >= 4 is 15.8 Å². The molecule has 1 aliphatic carbocycles. The van der Waals surface area contributed by atoms with E-state index in [0.29, 0.717) is 30.8 Å². The van der Waals surface area contributed by atoms with E-state index in [2.05, 4.69) is 25.9 Å². The molecule has 0 amide bonds. The first-order valence-corrected chi connectivity index (χ1v) is 12.0. The minimum Gasteiger partial charge on any atom is -0.356 e. The number of hydrogen-bond donors (Lipinski definition) is 0. The van der Waals surface area contributed by atoms with Crippen LogP contribution in [0.3, 0.4) is 0 Å². The molecule has 2 aromatic heterocycles. The van der Waals surface area contributed by atoms with Crippen molar-refractivity contribution in [2.75, 3.05) is 31.1 Å². The predicted octanol–water partition coefficient (Wildman–Crippen LogP) is 2.28. The van der Waals surface area contributed by atoms with Gasteiger partial charge in [0.2, 0.25) is 0 Å². The van der Waals surface area contributed by atoms with Crippen LogP contribution in [0.1, 0.15) is 50.8 Å². The van der Waals surface area contributed by atoms with E-state index in [1.165, 1.54) is 19.3 Å².